The molecule has 1 aromatic heterocycles. The summed E-state index contributed by atoms with van der Waals surface area (Å²) >= 11 is 0. The van der Waals surface area contributed by atoms with Gasteiger partial charge in [-0.25, -0.2) is 4.39 Å². The minimum atomic E-state index is -0.327. The fraction of sp³-hybridized carbons (Fsp3) is 0.545. The minimum absolute atomic E-state index is 0.0783. The Morgan fingerprint density at radius 2 is 2.24 bits per heavy atom. The van der Waals surface area contributed by atoms with E-state index in [0.29, 0.717) is 12.2 Å². The van der Waals surface area contributed by atoms with Gasteiger partial charge in [0.1, 0.15) is 5.82 Å². The van der Waals surface area contributed by atoms with Crippen molar-refractivity contribution >= 4 is 5.91 Å². The zero-order valence-electron chi connectivity index (χ0n) is 17.0. The lowest BCUT2D eigenvalue weighted by Crippen LogP contribution is -2.47. The molecule has 1 atom stereocenters. The summed E-state index contributed by atoms with van der Waals surface area (Å²) < 4.78 is 21.6. The van der Waals surface area contributed by atoms with E-state index in [-0.39, 0.29) is 24.2 Å². The molecule has 1 fully saturated rings. The van der Waals surface area contributed by atoms with Gasteiger partial charge in [-0.2, -0.15) is 5.10 Å². The van der Waals surface area contributed by atoms with Gasteiger partial charge in [-0.15, -0.1) is 0 Å². The van der Waals surface area contributed by atoms with Crippen LogP contribution in [0.1, 0.15) is 42.3 Å². The van der Waals surface area contributed by atoms with E-state index < -0.39 is 0 Å². The second kappa shape index (κ2) is 9.05. The van der Waals surface area contributed by atoms with Crippen LogP contribution < -0.4 is 5.32 Å². The number of hydrogen-bond donors (Lipinski definition) is 1. The molecule has 0 bridgehead atoms. The van der Waals surface area contributed by atoms with Gasteiger partial charge in [0.15, 0.2) is 0 Å². The Hall–Kier alpha value is -2.25. The number of nitrogens with one attached hydrogen (secondary N) is 1. The van der Waals surface area contributed by atoms with Gasteiger partial charge in [-0.3, -0.25) is 14.4 Å². The van der Waals surface area contributed by atoms with E-state index in [4.69, 9.17) is 9.84 Å². The largest absolute Gasteiger partial charge is 0.376 e. The molecule has 156 valence electrons. The Kier molecular flexibility index (Phi) is 6.25. The van der Waals surface area contributed by atoms with Crippen LogP contribution in [0.25, 0.3) is 0 Å². The monoisotopic (exact) mass is 400 g/mol. The summed E-state index contributed by atoms with van der Waals surface area (Å²) in [5.41, 5.74) is 4.08. The highest BCUT2D eigenvalue weighted by atomic mass is 19.1. The molecule has 2 aromatic rings. The third-order valence-corrected chi connectivity index (χ3v) is 5.83. The van der Waals surface area contributed by atoms with Crippen LogP contribution in [-0.2, 0) is 42.1 Å². The summed E-state index contributed by atoms with van der Waals surface area (Å²) in [5.74, 6) is -0.450. The molecular weight excluding hydrogens is 371 g/mol. The SMILES string of the molecule is CCn1nc(CN2CCC[C@@H](NC(=O)Cc3ccccc3F)C2)c2c1CCOC2. The lowest BCUT2D eigenvalue weighted by Gasteiger charge is -2.33. The van der Waals surface area contributed by atoms with E-state index in [1.165, 1.54) is 17.3 Å². The maximum atomic E-state index is 13.8. The van der Waals surface area contributed by atoms with E-state index in [1.54, 1.807) is 18.2 Å². The summed E-state index contributed by atoms with van der Waals surface area (Å²) in [5, 5.41) is 7.91. The number of hydrogen-bond acceptors (Lipinski definition) is 4. The van der Waals surface area contributed by atoms with E-state index in [1.807, 2.05) is 0 Å². The Bertz CT molecular complexity index is 866. The molecule has 0 radical (unpaired) electrons. The standard InChI is InChI=1S/C22H29FN4O2/c1-2-27-21-9-11-29-15-18(21)20(25-27)14-26-10-5-7-17(13-26)24-22(28)12-16-6-3-4-8-19(16)23/h3-4,6,8,17H,2,5,7,9-15H2,1H3,(H,24,28)/t17-/m1/s1. The van der Waals surface area contributed by atoms with Gasteiger partial charge in [-0.05, 0) is 37.9 Å². The van der Waals surface area contributed by atoms with Crippen LogP contribution in [0.5, 0.6) is 0 Å². The molecular formula is C22H29FN4O2. The second-order valence-corrected chi connectivity index (χ2v) is 7.90. The smallest absolute Gasteiger partial charge is 0.224 e. The van der Waals surface area contributed by atoms with Crippen molar-refractivity contribution in [2.24, 2.45) is 0 Å². The average molecular weight is 400 g/mol. The Labute approximate surface area is 171 Å². The third-order valence-electron chi connectivity index (χ3n) is 5.83. The summed E-state index contributed by atoms with van der Waals surface area (Å²) in [4.78, 5) is 14.8. The summed E-state index contributed by atoms with van der Waals surface area (Å²) in [6.45, 7) is 6.95. The maximum Gasteiger partial charge on any atom is 0.224 e. The van der Waals surface area contributed by atoms with Gasteiger partial charge in [0.05, 0.1) is 25.3 Å². The molecule has 1 aromatic carbocycles. The van der Waals surface area contributed by atoms with Gasteiger partial charge >= 0.3 is 0 Å². The summed E-state index contributed by atoms with van der Waals surface area (Å²) in [6, 6.07) is 6.54. The summed E-state index contributed by atoms with van der Waals surface area (Å²) in [7, 11) is 0. The fourth-order valence-electron chi connectivity index (χ4n) is 4.39. The van der Waals surface area contributed by atoms with Gasteiger partial charge in [0.2, 0.25) is 5.91 Å². The average Bonchev–Trinajstić information content (AvgIpc) is 3.08. The Morgan fingerprint density at radius 3 is 3.07 bits per heavy atom. The van der Waals surface area contributed by atoms with Crippen LogP contribution in [-0.4, -0.2) is 46.3 Å². The zero-order chi connectivity index (χ0) is 20.2. The van der Waals surface area contributed by atoms with Crippen molar-refractivity contribution in [2.45, 2.75) is 58.3 Å². The Balaban J connectivity index is 1.36. The molecule has 3 heterocycles. The quantitative estimate of drug-likeness (QED) is 0.809. The molecule has 1 saturated heterocycles. The first-order valence-corrected chi connectivity index (χ1v) is 10.5. The van der Waals surface area contributed by atoms with Crippen LogP contribution >= 0.6 is 0 Å². The Morgan fingerprint density at radius 1 is 1.38 bits per heavy atom. The van der Waals surface area contributed by atoms with E-state index >= 15 is 0 Å². The number of ether oxygens (including phenoxy) is 1. The van der Waals surface area contributed by atoms with Crippen molar-refractivity contribution in [3.8, 4) is 0 Å². The van der Waals surface area contributed by atoms with Crippen LogP contribution in [0.2, 0.25) is 0 Å². The third kappa shape index (κ3) is 4.67. The molecule has 6 nitrogen and oxygen atoms in total. The predicted molar refractivity (Wildman–Crippen MR) is 108 cm³/mol. The molecule has 2 aliphatic heterocycles. The number of carbonyl (C=O) groups is 1. The molecule has 1 N–H and O–H groups in total. The van der Waals surface area contributed by atoms with Gasteiger partial charge in [0, 0.05) is 43.4 Å². The van der Waals surface area contributed by atoms with Crippen molar-refractivity contribution < 1.29 is 13.9 Å². The van der Waals surface area contributed by atoms with Crippen molar-refractivity contribution in [2.75, 3.05) is 19.7 Å². The van der Waals surface area contributed by atoms with Crippen molar-refractivity contribution in [3.63, 3.8) is 0 Å². The molecule has 2 aliphatic rings. The predicted octanol–water partition coefficient (Wildman–Crippen LogP) is 2.44. The number of likely N-dealkylation sites (tertiary alicyclic amines) is 1. The number of carbonyl (C=O) groups excluding carboxylic acids is 1. The van der Waals surface area contributed by atoms with Crippen molar-refractivity contribution in [1.29, 1.82) is 0 Å². The van der Waals surface area contributed by atoms with Gasteiger partial charge in [0.25, 0.3) is 0 Å². The second-order valence-electron chi connectivity index (χ2n) is 7.90. The highest BCUT2D eigenvalue weighted by molar-refractivity contribution is 5.78. The number of halogens is 1. The van der Waals surface area contributed by atoms with E-state index in [9.17, 15) is 9.18 Å². The molecule has 0 aliphatic carbocycles. The number of aryl methyl sites for hydroxylation is 1. The number of nitrogens with zero attached hydrogens (tertiary/aromatic N) is 3. The normalized spacial score (nSPS) is 19.7. The van der Waals surface area contributed by atoms with E-state index in [0.717, 1.165) is 57.7 Å². The first-order valence-electron chi connectivity index (χ1n) is 10.5. The molecule has 0 unspecified atom stereocenters. The molecule has 0 spiro atoms. The topological polar surface area (TPSA) is 59.4 Å². The highest BCUT2D eigenvalue weighted by Crippen LogP contribution is 2.23. The van der Waals surface area contributed by atoms with Crippen LogP contribution in [0, 0.1) is 5.82 Å². The molecule has 29 heavy (non-hydrogen) atoms. The van der Waals surface area contributed by atoms with Gasteiger partial charge in [-0.1, -0.05) is 18.2 Å². The van der Waals surface area contributed by atoms with Crippen molar-refractivity contribution in [3.05, 3.63) is 52.6 Å². The highest BCUT2D eigenvalue weighted by Gasteiger charge is 2.26. The number of fused-ring (bicyclic) bond motifs is 1. The first kappa shape index (κ1) is 20.0. The first-order chi connectivity index (χ1) is 14.1. The molecule has 1 amide bonds. The van der Waals surface area contributed by atoms with Crippen LogP contribution in [0.15, 0.2) is 24.3 Å². The number of rotatable bonds is 6. The number of benzene rings is 1. The fourth-order valence-corrected chi connectivity index (χ4v) is 4.39. The molecule has 7 heteroatoms. The zero-order valence-corrected chi connectivity index (χ0v) is 17.0. The van der Waals surface area contributed by atoms with Crippen molar-refractivity contribution in [1.82, 2.24) is 20.0 Å². The number of aromatic nitrogens is 2. The minimum Gasteiger partial charge on any atom is -0.376 e. The van der Waals surface area contributed by atoms with Crippen LogP contribution in [0.4, 0.5) is 4.39 Å². The molecule has 4 rings (SSSR count). The number of amides is 1. The van der Waals surface area contributed by atoms with E-state index in [2.05, 4.69) is 21.8 Å². The van der Waals surface area contributed by atoms with Crippen LogP contribution in [0.3, 0.4) is 0 Å². The summed E-state index contributed by atoms with van der Waals surface area (Å²) in [6.07, 6.45) is 2.97. The van der Waals surface area contributed by atoms with Gasteiger partial charge < -0.3 is 10.1 Å². The lowest BCUT2D eigenvalue weighted by molar-refractivity contribution is -0.121. The molecule has 0 saturated carbocycles. The number of piperidine rings is 1. The lowest BCUT2D eigenvalue weighted by atomic mass is 10.0. The maximum absolute atomic E-state index is 13.8.